The van der Waals surface area contributed by atoms with Crippen LogP contribution in [0.2, 0.25) is 0 Å². The van der Waals surface area contributed by atoms with Gasteiger partial charge in [0.1, 0.15) is 23.3 Å². The van der Waals surface area contributed by atoms with Crippen LogP contribution in [0.15, 0.2) is 99.9 Å². The van der Waals surface area contributed by atoms with Gasteiger partial charge in [-0.2, -0.15) is 0 Å². The maximum Gasteiger partial charge on any atom is 0.343 e. The molecule has 0 saturated carbocycles. The van der Waals surface area contributed by atoms with Gasteiger partial charge in [0, 0.05) is 23.3 Å². The molecular formula is C38H33N3O9S. The molecule has 5 aromatic rings. The van der Waals surface area contributed by atoms with Crippen LogP contribution >= 0.6 is 11.3 Å². The van der Waals surface area contributed by atoms with Gasteiger partial charge in [0.2, 0.25) is 0 Å². The number of esters is 2. The number of nitro benzene ring substituents is 1. The maximum atomic E-state index is 14.6. The van der Waals surface area contributed by atoms with E-state index in [1.165, 1.54) is 43.1 Å². The molecule has 12 nitrogen and oxygen atoms in total. The molecule has 0 radical (unpaired) electrons. The second-order valence-electron chi connectivity index (χ2n) is 11.4. The van der Waals surface area contributed by atoms with Crippen molar-refractivity contribution in [3.63, 3.8) is 0 Å². The molecule has 13 heteroatoms. The first kappa shape index (κ1) is 34.8. The van der Waals surface area contributed by atoms with Crippen molar-refractivity contribution in [2.24, 2.45) is 4.99 Å². The topological polar surface area (TPSA) is 149 Å². The molecule has 0 spiro atoms. The number of carbonyl (C=O) groups is 2. The number of hydrogen-bond donors (Lipinski definition) is 0. The summed E-state index contributed by atoms with van der Waals surface area (Å²) in [4.78, 5) is 57.3. The molecule has 4 aromatic carbocycles. The minimum atomic E-state index is -0.957. The molecule has 6 rings (SSSR count). The molecule has 1 aliphatic rings. The first-order valence-corrected chi connectivity index (χ1v) is 16.9. The van der Waals surface area contributed by atoms with Crippen molar-refractivity contribution in [2.75, 3.05) is 20.8 Å². The number of non-ortho nitro benzene ring substituents is 1. The number of aromatic nitrogens is 1. The van der Waals surface area contributed by atoms with Crippen LogP contribution in [-0.4, -0.2) is 42.3 Å². The molecule has 1 atom stereocenters. The number of rotatable bonds is 11. The van der Waals surface area contributed by atoms with Crippen LogP contribution in [0.4, 0.5) is 5.69 Å². The molecule has 0 aliphatic carbocycles. The van der Waals surface area contributed by atoms with E-state index >= 15 is 0 Å². The van der Waals surface area contributed by atoms with Gasteiger partial charge in [0.25, 0.3) is 11.2 Å². The van der Waals surface area contributed by atoms with Gasteiger partial charge in [0.05, 0.1) is 47.1 Å². The normalized spacial score (nSPS) is 14.1. The van der Waals surface area contributed by atoms with Crippen LogP contribution in [0.5, 0.6) is 17.2 Å². The molecule has 0 bridgehead atoms. The van der Waals surface area contributed by atoms with Crippen molar-refractivity contribution in [2.45, 2.75) is 32.7 Å². The number of methoxy groups -OCH3 is 2. The number of allylic oxidation sites excluding steroid dienone is 1. The quantitative estimate of drug-likeness (QED) is 0.0711. The predicted octanol–water partition coefficient (Wildman–Crippen LogP) is 5.88. The Balaban J connectivity index is 1.57. The third-order valence-corrected chi connectivity index (χ3v) is 9.33. The summed E-state index contributed by atoms with van der Waals surface area (Å²) in [6.07, 6.45) is 2.78. The van der Waals surface area contributed by atoms with E-state index in [9.17, 15) is 24.5 Å². The van der Waals surface area contributed by atoms with Gasteiger partial charge in [-0.3, -0.25) is 19.5 Å². The molecule has 0 amide bonds. The number of ether oxygens (including phenoxy) is 4. The van der Waals surface area contributed by atoms with Crippen molar-refractivity contribution in [1.29, 1.82) is 0 Å². The Bertz CT molecular complexity index is 2390. The van der Waals surface area contributed by atoms with Gasteiger partial charge in [-0.05, 0) is 66.6 Å². The monoisotopic (exact) mass is 707 g/mol. The highest BCUT2D eigenvalue weighted by atomic mass is 32.1. The van der Waals surface area contributed by atoms with Crippen LogP contribution in [0.1, 0.15) is 54.2 Å². The van der Waals surface area contributed by atoms with Crippen LogP contribution in [0, 0.1) is 10.1 Å². The standard InChI is InChI=1S/C38H33N3O9S/c1-5-9-29-33(37(44)49-6-2)34(28-20-25(47-3)17-19-30(28)48-4)40-35(42)32(51-38(40)39-29)21-27-26-11-8-7-10-22(26)14-18-31(27)50-36(43)23-12-15-24(16-13-23)41(45)46/h7-8,10-21,34H,5-6,9H2,1-4H3/b32-21-/t34-/m1/s1. The Hall–Kier alpha value is -6.08. The largest absolute Gasteiger partial charge is 0.497 e. The summed E-state index contributed by atoms with van der Waals surface area (Å²) in [5.41, 5.74) is 1.22. The van der Waals surface area contributed by atoms with E-state index in [-0.39, 0.29) is 33.7 Å². The molecule has 51 heavy (non-hydrogen) atoms. The van der Waals surface area contributed by atoms with Crippen molar-refractivity contribution < 1.29 is 33.5 Å². The van der Waals surface area contributed by atoms with Crippen LogP contribution in [-0.2, 0) is 9.53 Å². The van der Waals surface area contributed by atoms with Gasteiger partial charge >= 0.3 is 11.9 Å². The zero-order chi connectivity index (χ0) is 36.2. The van der Waals surface area contributed by atoms with Crippen molar-refractivity contribution in [3.8, 4) is 17.2 Å². The Morgan fingerprint density at radius 3 is 2.39 bits per heavy atom. The Morgan fingerprint density at radius 1 is 0.961 bits per heavy atom. The van der Waals surface area contributed by atoms with Crippen molar-refractivity contribution in [1.82, 2.24) is 4.57 Å². The predicted molar refractivity (Wildman–Crippen MR) is 191 cm³/mol. The molecule has 1 aromatic heterocycles. The number of benzene rings is 4. The van der Waals surface area contributed by atoms with Gasteiger partial charge < -0.3 is 18.9 Å². The summed E-state index contributed by atoms with van der Waals surface area (Å²) in [6, 6.07) is 20.2. The minimum Gasteiger partial charge on any atom is -0.497 e. The van der Waals surface area contributed by atoms with Crippen LogP contribution in [0.25, 0.3) is 16.8 Å². The summed E-state index contributed by atoms with van der Waals surface area (Å²) >= 11 is 1.14. The van der Waals surface area contributed by atoms with Crippen LogP contribution in [0.3, 0.4) is 0 Å². The minimum absolute atomic E-state index is 0.112. The fraction of sp³-hybridized carbons (Fsp3) is 0.211. The number of nitrogens with zero attached hydrogens (tertiary/aromatic N) is 3. The highest BCUT2D eigenvalue weighted by molar-refractivity contribution is 7.07. The number of carbonyl (C=O) groups excluding carboxylic acids is 2. The van der Waals surface area contributed by atoms with E-state index in [4.69, 9.17) is 23.9 Å². The Morgan fingerprint density at radius 2 is 1.71 bits per heavy atom. The second kappa shape index (κ2) is 14.8. The van der Waals surface area contributed by atoms with E-state index < -0.39 is 28.5 Å². The molecular weight excluding hydrogens is 674 g/mol. The highest BCUT2D eigenvalue weighted by Crippen LogP contribution is 2.39. The van der Waals surface area contributed by atoms with Crippen molar-refractivity contribution >= 4 is 45.8 Å². The molecule has 1 aliphatic heterocycles. The lowest BCUT2D eigenvalue weighted by molar-refractivity contribution is -0.384. The average molecular weight is 708 g/mol. The zero-order valence-electron chi connectivity index (χ0n) is 28.2. The molecule has 0 saturated heterocycles. The van der Waals surface area contributed by atoms with Crippen molar-refractivity contribution in [3.05, 3.63) is 137 Å². The summed E-state index contributed by atoms with van der Waals surface area (Å²) in [5.74, 6) is -0.217. The first-order chi connectivity index (χ1) is 24.7. The highest BCUT2D eigenvalue weighted by Gasteiger charge is 2.36. The molecule has 0 fully saturated rings. The Kier molecular flexibility index (Phi) is 10.1. The fourth-order valence-electron chi connectivity index (χ4n) is 5.99. The summed E-state index contributed by atoms with van der Waals surface area (Å²) in [6.45, 7) is 3.81. The molecule has 0 unspecified atom stereocenters. The van der Waals surface area contributed by atoms with E-state index in [1.807, 2.05) is 31.2 Å². The number of hydrogen-bond acceptors (Lipinski definition) is 11. The number of thiazole rings is 1. The molecule has 260 valence electrons. The van der Waals surface area contributed by atoms with Gasteiger partial charge in [0.15, 0.2) is 4.80 Å². The zero-order valence-corrected chi connectivity index (χ0v) is 29.0. The number of fused-ring (bicyclic) bond motifs is 2. The lowest BCUT2D eigenvalue weighted by Gasteiger charge is -2.27. The lowest BCUT2D eigenvalue weighted by Crippen LogP contribution is -2.40. The maximum absolute atomic E-state index is 14.6. The smallest absolute Gasteiger partial charge is 0.343 e. The summed E-state index contributed by atoms with van der Waals surface area (Å²) in [7, 11) is 3.04. The average Bonchev–Trinajstić information content (AvgIpc) is 3.45. The Labute approximate surface area is 295 Å². The third-order valence-electron chi connectivity index (χ3n) is 8.35. The second-order valence-corrected chi connectivity index (χ2v) is 12.4. The summed E-state index contributed by atoms with van der Waals surface area (Å²) in [5, 5.41) is 12.7. The molecule has 2 heterocycles. The van der Waals surface area contributed by atoms with E-state index in [0.29, 0.717) is 51.4 Å². The van der Waals surface area contributed by atoms with Gasteiger partial charge in [-0.25, -0.2) is 14.6 Å². The lowest BCUT2D eigenvalue weighted by atomic mass is 9.93. The molecule has 0 N–H and O–H groups in total. The van der Waals surface area contributed by atoms with Gasteiger partial charge in [-0.1, -0.05) is 55.0 Å². The first-order valence-electron chi connectivity index (χ1n) is 16.1. The van der Waals surface area contributed by atoms with E-state index in [2.05, 4.69) is 0 Å². The summed E-state index contributed by atoms with van der Waals surface area (Å²) < 4.78 is 24.4. The SMILES string of the molecule is CCCC1=C(C(=O)OCC)[C@@H](c2cc(OC)ccc2OC)n2c(s/c(=C\c3c(OC(=O)c4ccc([N+](=O)[O-])cc4)ccc4ccccc34)c2=O)=N1. The van der Waals surface area contributed by atoms with Crippen LogP contribution < -0.4 is 29.1 Å². The van der Waals surface area contributed by atoms with Gasteiger partial charge in [-0.15, -0.1) is 0 Å². The number of nitro groups is 1. The fourth-order valence-corrected chi connectivity index (χ4v) is 6.99. The van der Waals surface area contributed by atoms with E-state index in [1.54, 1.807) is 43.3 Å². The third kappa shape index (κ3) is 6.75. The van der Waals surface area contributed by atoms with E-state index in [0.717, 1.165) is 16.7 Å².